The summed E-state index contributed by atoms with van der Waals surface area (Å²) < 4.78 is 5.02. The molecule has 0 aromatic carbocycles. The van der Waals surface area contributed by atoms with E-state index in [9.17, 15) is 4.79 Å². The van der Waals surface area contributed by atoms with E-state index in [1.54, 1.807) is 27.7 Å². The second-order valence-corrected chi connectivity index (χ2v) is 3.92. The van der Waals surface area contributed by atoms with Crippen molar-refractivity contribution in [3.8, 4) is 0 Å². The molecule has 0 aliphatic heterocycles. The normalized spacial score (nSPS) is 16.8. The van der Waals surface area contributed by atoms with Crippen molar-refractivity contribution in [1.82, 2.24) is 0 Å². The zero-order valence-corrected chi connectivity index (χ0v) is 8.13. The summed E-state index contributed by atoms with van der Waals surface area (Å²) in [4.78, 5) is 11.2. The quantitative estimate of drug-likeness (QED) is 0.578. The fraction of sp³-hybridized carbons (Fsp3) is 0.875. The number of nitrogens with two attached hydrogens (primary N) is 2. The van der Waals surface area contributed by atoms with Crippen LogP contribution in [0.15, 0.2) is 0 Å². The van der Waals surface area contributed by atoms with Gasteiger partial charge in [0.15, 0.2) is 0 Å². The van der Waals surface area contributed by atoms with Crippen molar-refractivity contribution in [2.24, 2.45) is 11.5 Å². The molecule has 4 heteroatoms. The lowest BCUT2D eigenvalue weighted by molar-refractivity contribution is -0.156. The Hall–Kier alpha value is -0.610. The smallest absolute Gasteiger partial charge is 0.325 e. The second-order valence-electron chi connectivity index (χ2n) is 3.92. The molecular formula is C8H18N2O2. The van der Waals surface area contributed by atoms with Crippen molar-refractivity contribution in [2.45, 2.75) is 45.4 Å². The summed E-state index contributed by atoms with van der Waals surface area (Å²) in [5.41, 5.74) is 10.4. The van der Waals surface area contributed by atoms with Crippen LogP contribution >= 0.6 is 0 Å². The van der Waals surface area contributed by atoms with Gasteiger partial charge in [-0.1, -0.05) is 0 Å². The summed E-state index contributed by atoms with van der Waals surface area (Å²) in [7, 11) is 0. The molecule has 72 valence electrons. The molecule has 0 amide bonds. The van der Waals surface area contributed by atoms with Crippen LogP contribution < -0.4 is 11.5 Å². The number of carbonyl (C=O) groups excluding carboxylic acids is 1. The van der Waals surface area contributed by atoms with Crippen LogP contribution in [0.1, 0.15) is 27.7 Å². The first-order valence-electron chi connectivity index (χ1n) is 3.98. The fourth-order valence-corrected chi connectivity index (χ4v) is 0.584. The van der Waals surface area contributed by atoms with Gasteiger partial charge in [-0.15, -0.1) is 0 Å². The Morgan fingerprint density at radius 1 is 1.33 bits per heavy atom. The van der Waals surface area contributed by atoms with Gasteiger partial charge in [0.2, 0.25) is 0 Å². The Bertz CT molecular complexity index is 161. The molecule has 2 atom stereocenters. The molecule has 0 fully saturated rings. The molecule has 0 bridgehead atoms. The molecule has 0 radical (unpaired) electrons. The molecular weight excluding hydrogens is 156 g/mol. The average Bonchev–Trinajstić information content (AvgIpc) is 1.82. The third-order valence-corrected chi connectivity index (χ3v) is 1.25. The fourth-order valence-electron chi connectivity index (χ4n) is 0.584. The van der Waals surface area contributed by atoms with Gasteiger partial charge in [0.05, 0.1) is 0 Å². The highest BCUT2D eigenvalue weighted by Gasteiger charge is 2.24. The number of hydrogen-bond donors (Lipinski definition) is 2. The van der Waals surface area contributed by atoms with Crippen LogP contribution in [0.5, 0.6) is 0 Å². The molecule has 0 aromatic heterocycles. The molecule has 0 aliphatic rings. The SMILES string of the molecule is C[C@H](N)[C@H](N)C(=O)OC(C)(C)C. The van der Waals surface area contributed by atoms with Crippen LogP contribution in [-0.2, 0) is 9.53 Å². The summed E-state index contributed by atoms with van der Waals surface area (Å²) in [5, 5.41) is 0. The maximum Gasteiger partial charge on any atom is 0.325 e. The monoisotopic (exact) mass is 174 g/mol. The second kappa shape index (κ2) is 3.87. The molecule has 0 spiro atoms. The molecule has 0 unspecified atom stereocenters. The van der Waals surface area contributed by atoms with E-state index in [-0.39, 0.29) is 6.04 Å². The number of rotatable bonds is 2. The highest BCUT2D eigenvalue weighted by molar-refractivity contribution is 5.76. The van der Waals surface area contributed by atoms with Gasteiger partial charge < -0.3 is 16.2 Å². The molecule has 4 N–H and O–H groups in total. The maximum absolute atomic E-state index is 11.2. The standard InChI is InChI=1S/C8H18N2O2/c1-5(9)6(10)7(11)12-8(2,3)4/h5-6H,9-10H2,1-4H3/t5-,6-/m0/s1. The lowest BCUT2D eigenvalue weighted by atomic mass is 10.1. The van der Waals surface area contributed by atoms with Crippen LogP contribution in [0, 0.1) is 0 Å². The lowest BCUT2D eigenvalue weighted by Gasteiger charge is -2.23. The van der Waals surface area contributed by atoms with Crippen molar-refractivity contribution in [3.05, 3.63) is 0 Å². The molecule has 0 aliphatic carbocycles. The summed E-state index contributed by atoms with van der Waals surface area (Å²) in [6.07, 6.45) is 0. The Morgan fingerprint density at radius 2 is 1.75 bits per heavy atom. The van der Waals surface area contributed by atoms with Gasteiger partial charge in [-0.05, 0) is 27.7 Å². The van der Waals surface area contributed by atoms with E-state index < -0.39 is 17.6 Å². The van der Waals surface area contributed by atoms with Gasteiger partial charge >= 0.3 is 5.97 Å². The summed E-state index contributed by atoms with van der Waals surface area (Å²) >= 11 is 0. The number of hydrogen-bond acceptors (Lipinski definition) is 4. The minimum atomic E-state index is -0.732. The Kier molecular flexibility index (Phi) is 3.67. The molecule has 4 nitrogen and oxygen atoms in total. The minimum absolute atomic E-state index is 0.375. The van der Waals surface area contributed by atoms with Crippen molar-refractivity contribution >= 4 is 5.97 Å². The topological polar surface area (TPSA) is 78.3 Å². The third-order valence-electron chi connectivity index (χ3n) is 1.25. The largest absolute Gasteiger partial charge is 0.459 e. The minimum Gasteiger partial charge on any atom is -0.459 e. The van der Waals surface area contributed by atoms with Crippen LogP contribution in [0.3, 0.4) is 0 Å². The van der Waals surface area contributed by atoms with E-state index in [1.165, 1.54) is 0 Å². The van der Waals surface area contributed by atoms with Crippen molar-refractivity contribution < 1.29 is 9.53 Å². The number of ether oxygens (including phenoxy) is 1. The van der Waals surface area contributed by atoms with Crippen LogP contribution in [0.4, 0.5) is 0 Å². The van der Waals surface area contributed by atoms with E-state index in [2.05, 4.69) is 0 Å². The van der Waals surface area contributed by atoms with Crippen LogP contribution in [0.2, 0.25) is 0 Å². The maximum atomic E-state index is 11.2. The van der Waals surface area contributed by atoms with Crippen molar-refractivity contribution in [3.63, 3.8) is 0 Å². The first-order valence-corrected chi connectivity index (χ1v) is 3.98. The van der Waals surface area contributed by atoms with Crippen LogP contribution in [-0.4, -0.2) is 23.7 Å². The summed E-state index contributed by atoms with van der Waals surface area (Å²) in [6, 6.07) is -1.11. The predicted molar refractivity (Wildman–Crippen MR) is 47.5 cm³/mol. The Morgan fingerprint density at radius 3 is 2.00 bits per heavy atom. The molecule has 12 heavy (non-hydrogen) atoms. The molecule has 0 aromatic rings. The van der Waals surface area contributed by atoms with Gasteiger partial charge in [-0.25, -0.2) is 0 Å². The van der Waals surface area contributed by atoms with Crippen molar-refractivity contribution in [2.75, 3.05) is 0 Å². The Balaban J connectivity index is 4.05. The molecule has 0 heterocycles. The molecule has 0 saturated carbocycles. The lowest BCUT2D eigenvalue weighted by Crippen LogP contribution is -2.48. The zero-order valence-electron chi connectivity index (χ0n) is 8.13. The van der Waals surface area contributed by atoms with Gasteiger partial charge in [-0.3, -0.25) is 4.79 Å². The van der Waals surface area contributed by atoms with Gasteiger partial charge in [0, 0.05) is 6.04 Å². The van der Waals surface area contributed by atoms with E-state index in [4.69, 9.17) is 16.2 Å². The van der Waals surface area contributed by atoms with Crippen LogP contribution in [0.25, 0.3) is 0 Å². The first kappa shape index (κ1) is 11.4. The van der Waals surface area contributed by atoms with E-state index >= 15 is 0 Å². The first-order chi connectivity index (χ1) is 5.24. The molecule has 0 saturated heterocycles. The number of carbonyl (C=O) groups is 1. The molecule has 0 rings (SSSR count). The van der Waals surface area contributed by atoms with Crippen molar-refractivity contribution in [1.29, 1.82) is 0 Å². The van der Waals surface area contributed by atoms with E-state index in [0.717, 1.165) is 0 Å². The van der Waals surface area contributed by atoms with Gasteiger partial charge in [0.25, 0.3) is 0 Å². The highest BCUT2D eigenvalue weighted by atomic mass is 16.6. The summed E-state index contributed by atoms with van der Waals surface area (Å²) in [5.74, 6) is -0.447. The van der Waals surface area contributed by atoms with E-state index in [0.29, 0.717) is 0 Å². The zero-order chi connectivity index (χ0) is 9.94. The van der Waals surface area contributed by atoms with Gasteiger partial charge in [-0.2, -0.15) is 0 Å². The highest BCUT2D eigenvalue weighted by Crippen LogP contribution is 2.08. The predicted octanol–water partition coefficient (Wildman–Crippen LogP) is 0.00260. The Labute approximate surface area is 73.2 Å². The number of esters is 1. The third kappa shape index (κ3) is 4.31. The van der Waals surface area contributed by atoms with Gasteiger partial charge in [0.1, 0.15) is 11.6 Å². The average molecular weight is 174 g/mol. The summed E-state index contributed by atoms with van der Waals surface area (Å²) in [6.45, 7) is 7.05. The van der Waals surface area contributed by atoms with E-state index in [1.807, 2.05) is 0 Å².